The standard InChI is InChI=1S/C21H13BrN4O3/c1-2-26-20(28)14-9-12(10-23)18(17(22)16(14)21(26)29)24-25-19-13-6-4-3-5-11(13)7-8-15(19)27/h3-9,27H,2H2,1H3/b25-24+. The molecular formula is C21H13BrN4O3. The lowest BCUT2D eigenvalue weighted by atomic mass is 10.0. The molecule has 8 heteroatoms. The van der Waals surface area contributed by atoms with E-state index in [9.17, 15) is 20.0 Å². The number of hydrogen-bond acceptors (Lipinski definition) is 6. The van der Waals surface area contributed by atoms with Crippen molar-refractivity contribution >= 4 is 49.9 Å². The van der Waals surface area contributed by atoms with Gasteiger partial charge in [-0.15, -0.1) is 10.2 Å². The average molecular weight is 449 g/mol. The van der Waals surface area contributed by atoms with Gasteiger partial charge in [0.15, 0.2) is 0 Å². The van der Waals surface area contributed by atoms with Crippen LogP contribution in [-0.4, -0.2) is 28.4 Å². The minimum atomic E-state index is -0.451. The number of nitrogens with zero attached hydrogens (tertiary/aromatic N) is 4. The molecule has 2 amide bonds. The minimum absolute atomic E-state index is 0.0633. The summed E-state index contributed by atoms with van der Waals surface area (Å²) < 4.78 is 0.226. The maximum Gasteiger partial charge on any atom is 0.262 e. The summed E-state index contributed by atoms with van der Waals surface area (Å²) in [5, 5.41) is 29.7. The fourth-order valence-corrected chi connectivity index (χ4v) is 3.99. The lowest BCUT2D eigenvalue weighted by Crippen LogP contribution is -2.29. The van der Waals surface area contributed by atoms with E-state index < -0.39 is 11.8 Å². The third kappa shape index (κ3) is 2.87. The molecule has 1 N–H and O–H groups in total. The van der Waals surface area contributed by atoms with Gasteiger partial charge in [-0.1, -0.05) is 30.3 Å². The Morgan fingerprint density at radius 2 is 1.83 bits per heavy atom. The Morgan fingerprint density at radius 1 is 1.10 bits per heavy atom. The van der Waals surface area contributed by atoms with Gasteiger partial charge in [-0.25, -0.2) is 0 Å². The van der Waals surface area contributed by atoms with Gasteiger partial charge in [-0.3, -0.25) is 14.5 Å². The van der Waals surface area contributed by atoms with Gasteiger partial charge in [-0.2, -0.15) is 5.26 Å². The number of phenols is 1. The van der Waals surface area contributed by atoms with E-state index >= 15 is 0 Å². The number of nitriles is 1. The zero-order valence-corrected chi connectivity index (χ0v) is 16.8. The molecule has 0 radical (unpaired) electrons. The highest BCUT2D eigenvalue weighted by Crippen LogP contribution is 2.41. The van der Waals surface area contributed by atoms with Crippen molar-refractivity contribution < 1.29 is 14.7 Å². The number of carbonyl (C=O) groups excluding carboxylic acids is 2. The molecule has 0 saturated heterocycles. The van der Waals surface area contributed by atoms with Crippen LogP contribution in [0, 0.1) is 11.3 Å². The third-order valence-corrected chi connectivity index (χ3v) is 5.51. The number of benzene rings is 3. The van der Waals surface area contributed by atoms with Crippen molar-refractivity contribution in [1.82, 2.24) is 4.90 Å². The van der Waals surface area contributed by atoms with Crippen LogP contribution in [0.1, 0.15) is 33.2 Å². The van der Waals surface area contributed by atoms with E-state index in [1.807, 2.05) is 24.3 Å². The highest BCUT2D eigenvalue weighted by molar-refractivity contribution is 9.10. The third-order valence-electron chi connectivity index (χ3n) is 4.74. The van der Waals surface area contributed by atoms with Crippen molar-refractivity contribution in [1.29, 1.82) is 5.26 Å². The summed E-state index contributed by atoms with van der Waals surface area (Å²) in [4.78, 5) is 26.1. The number of rotatable bonds is 3. The molecule has 1 heterocycles. The summed E-state index contributed by atoms with van der Waals surface area (Å²) in [6.07, 6.45) is 0. The van der Waals surface area contributed by atoms with Gasteiger partial charge in [0.1, 0.15) is 23.2 Å². The first-order valence-corrected chi connectivity index (χ1v) is 9.52. The molecule has 7 nitrogen and oxygen atoms in total. The molecule has 0 aromatic heterocycles. The van der Waals surface area contributed by atoms with Gasteiger partial charge in [0.25, 0.3) is 11.8 Å². The second kappa shape index (κ2) is 7.11. The Balaban J connectivity index is 1.90. The summed E-state index contributed by atoms with van der Waals surface area (Å²) in [6, 6.07) is 14.0. The number of halogens is 1. The second-order valence-corrected chi connectivity index (χ2v) is 7.12. The number of azo groups is 1. The lowest BCUT2D eigenvalue weighted by molar-refractivity contribution is 0.0662. The van der Waals surface area contributed by atoms with E-state index in [4.69, 9.17) is 0 Å². The molecule has 142 valence electrons. The highest BCUT2D eigenvalue weighted by Gasteiger charge is 2.38. The van der Waals surface area contributed by atoms with Crippen LogP contribution in [0.15, 0.2) is 57.2 Å². The first kappa shape index (κ1) is 18.8. The van der Waals surface area contributed by atoms with E-state index in [1.54, 1.807) is 19.1 Å². The van der Waals surface area contributed by atoms with E-state index in [0.29, 0.717) is 5.39 Å². The zero-order chi connectivity index (χ0) is 20.7. The van der Waals surface area contributed by atoms with Gasteiger partial charge >= 0.3 is 0 Å². The largest absolute Gasteiger partial charge is 0.506 e. The van der Waals surface area contributed by atoms with Crippen molar-refractivity contribution in [3.63, 3.8) is 0 Å². The maximum absolute atomic E-state index is 12.6. The normalized spacial score (nSPS) is 13.3. The molecule has 0 fully saturated rings. The molecular weight excluding hydrogens is 436 g/mol. The highest BCUT2D eigenvalue weighted by atomic mass is 79.9. The molecule has 0 bridgehead atoms. The van der Waals surface area contributed by atoms with Gasteiger partial charge in [0, 0.05) is 11.9 Å². The van der Waals surface area contributed by atoms with Crippen molar-refractivity contribution in [2.45, 2.75) is 6.92 Å². The van der Waals surface area contributed by atoms with Crippen molar-refractivity contribution in [3.8, 4) is 11.8 Å². The Labute approximate surface area is 174 Å². The smallest absolute Gasteiger partial charge is 0.262 e. The first-order chi connectivity index (χ1) is 14.0. The summed E-state index contributed by atoms with van der Waals surface area (Å²) >= 11 is 3.32. The Kier molecular flexibility index (Phi) is 4.60. The Morgan fingerprint density at radius 3 is 2.55 bits per heavy atom. The first-order valence-electron chi connectivity index (χ1n) is 8.73. The molecule has 29 heavy (non-hydrogen) atoms. The quantitative estimate of drug-likeness (QED) is 0.438. The number of hydrogen-bond donors (Lipinski definition) is 1. The van der Waals surface area contributed by atoms with Crippen molar-refractivity contribution in [2.75, 3.05) is 6.54 Å². The van der Waals surface area contributed by atoms with Crippen LogP contribution >= 0.6 is 15.9 Å². The van der Waals surface area contributed by atoms with Crippen molar-refractivity contribution in [2.24, 2.45) is 10.2 Å². The minimum Gasteiger partial charge on any atom is -0.506 e. The SMILES string of the molecule is CCN1C(=O)c2cc(C#N)c(/N=N/c3c(O)ccc4ccccc34)c(Br)c2C1=O. The summed E-state index contributed by atoms with van der Waals surface area (Å²) in [7, 11) is 0. The second-order valence-electron chi connectivity index (χ2n) is 6.33. The van der Waals surface area contributed by atoms with E-state index in [2.05, 4.69) is 26.2 Å². The predicted molar refractivity (Wildman–Crippen MR) is 110 cm³/mol. The van der Waals surface area contributed by atoms with Gasteiger partial charge in [0.2, 0.25) is 0 Å². The molecule has 0 unspecified atom stereocenters. The number of imide groups is 1. The summed E-state index contributed by atoms with van der Waals surface area (Å²) in [6.45, 7) is 1.92. The summed E-state index contributed by atoms with van der Waals surface area (Å²) in [5.74, 6) is -0.958. The molecule has 3 aromatic rings. The summed E-state index contributed by atoms with van der Waals surface area (Å²) in [5.41, 5.74) is 0.784. The number of carbonyl (C=O) groups is 2. The molecule has 4 rings (SSSR count). The monoisotopic (exact) mass is 448 g/mol. The van der Waals surface area contributed by atoms with Crippen LogP contribution in [0.2, 0.25) is 0 Å². The predicted octanol–water partition coefficient (Wildman–Crippen LogP) is 5.21. The van der Waals surface area contributed by atoms with Crippen molar-refractivity contribution in [3.05, 3.63) is 63.6 Å². The Bertz CT molecular complexity index is 1280. The fraction of sp³-hybridized carbons (Fsp3) is 0.0952. The van der Waals surface area contributed by atoms with Crippen LogP contribution in [0.5, 0.6) is 5.75 Å². The van der Waals surface area contributed by atoms with E-state index in [-0.39, 0.29) is 44.8 Å². The van der Waals surface area contributed by atoms with Crippen LogP contribution in [-0.2, 0) is 0 Å². The molecule has 3 aromatic carbocycles. The van der Waals surface area contributed by atoms with Gasteiger partial charge in [-0.05, 0) is 40.4 Å². The molecule has 0 saturated carbocycles. The van der Waals surface area contributed by atoms with Crippen LogP contribution in [0.4, 0.5) is 11.4 Å². The van der Waals surface area contributed by atoms with Gasteiger partial charge < -0.3 is 5.11 Å². The number of fused-ring (bicyclic) bond motifs is 2. The molecule has 1 aliphatic heterocycles. The number of phenolic OH excluding ortho intramolecular Hbond substituents is 1. The van der Waals surface area contributed by atoms with Crippen LogP contribution in [0.25, 0.3) is 10.8 Å². The van der Waals surface area contributed by atoms with Gasteiger partial charge in [0.05, 0.1) is 21.2 Å². The van der Waals surface area contributed by atoms with Crippen LogP contribution < -0.4 is 0 Å². The topological polar surface area (TPSA) is 106 Å². The lowest BCUT2D eigenvalue weighted by Gasteiger charge is -2.09. The fourth-order valence-electron chi connectivity index (χ4n) is 3.31. The molecule has 1 aliphatic rings. The number of amides is 2. The van der Waals surface area contributed by atoms with Crippen LogP contribution in [0.3, 0.4) is 0 Å². The molecule has 0 atom stereocenters. The Hall–Kier alpha value is -3.57. The maximum atomic E-state index is 12.6. The molecule has 0 spiro atoms. The molecule has 0 aliphatic carbocycles. The van der Waals surface area contributed by atoms with E-state index in [0.717, 1.165) is 10.3 Å². The van der Waals surface area contributed by atoms with E-state index in [1.165, 1.54) is 12.1 Å². The zero-order valence-electron chi connectivity index (χ0n) is 15.2. The average Bonchev–Trinajstić information content (AvgIpc) is 2.97. The number of aromatic hydroxyl groups is 1.